The Labute approximate surface area is 131 Å². The number of nitrogen functional groups attached to an aromatic ring is 1. The minimum atomic E-state index is -3.99. The third-order valence-electron chi connectivity index (χ3n) is 2.78. The fraction of sp³-hybridized carbons (Fsp3) is 0.0769. The molecule has 0 saturated carbocycles. The van der Waals surface area contributed by atoms with Gasteiger partial charge in [0, 0.05) is 11.3 Å². The SMILES string of the molecule is Cc1c(F)cc(N)cc1S(=O)(=O)Nc1ccc(Cl)c(Cl)c1. The van der Waals surface area contributed by atoms with Crippen LogP contribution in [0.1, 0.15) is 5.56 Å². The van der Waals surface area contributed by atoms with Gasteiger partial charge >= 0.3 is 0 Å². The maximum absolute atomic E-state index is 13.6. The number of hydrogen-bond donors (Lipinski definition) is 2. The highest BCUT2D eigenvalue weighted by Gasteiger charge is 2.20. The van der Waals surface area contributed by atoms with Gasteiger partial charge in [-0.15, -0.1) is 0 Å². The number of nitrogens with two attached hydrogens (primary N) is 1. The van der Waals surface area contributed by atoms with Gasteiger partial charge in [0.05, 0.1) is 20.6 Å². The quantitative estimate of drug-likeness (QED) is 0.828. The summed E-state index contributed by atoms with van der Waals surface area (Å²) in [5.74, 6) is -0.690. The molecule has 2 aromatic carbocycles. The molecule has 4 nitrogen and oxygen atoms in total. The predicted octanol–water partition coefficient (Wildman–Crippen LogP) is 3.82. The van der Waals surface area contributed by atoms with E-state index in [2.05, 4.69) is 4.72 Å². The first-order chi connectivity index (χ1) is 9.70. The van der Waals surface area contributed by atoms with Gasteiger partial charge in [-0.3, -0.25) is 4.72 Å². The Kier molecular flexibility index (Phi) is 4.32. The van der Waals surface area contributed by atoms with Crippen molar-refractivity contribution in [3.63, 3.8) is 0 Å². The zero-order valence-corrected chi connectivity index (χ0v) is 13.2. The van der Waals surface area contributed by atoms with Crippen molar-refractivity contribution in [1.82, 2.24) is 0 Å². The fourth-order valence-electron chi connectivity index (χ4n) is 1.72. The van der Waals surface area contributed by atoms with E-state index in [0.29, 0.717) is 5.02 Å². The van der Waals surface area contributed by atoms with E-state index in [4.69, 9.17) is 28.9 Å². The second-order valence-electron chi connectivity index (χ2n) is 4.36. The average Bonchev–Trinajstić information content (AvgIpc) is 2.37. The van der Waals surface area contributed by atoms with E-state index >= 15 is 0 Å². The lowest BCUT2D eigenvalue weighted by atomic mass is 10.2. The molecule has 21 heavy (non-hydrogen) atoms. The van der Waals surface area contributed by atoms with Gasteiger partial charge in [0.15, 0.2) is 0 Å². The van der Waals surface area contributed by atoms with Crippen LogP contribution in [0, 0.1) is 12.7 Å². The lowest BCUT2D eigenvalue weighted by molar-refractivity contribution is 0.591. The third-order valence-corrected chi connectivity index (χ3v) is 5.03. The molecule has 0 fully saturated rings. The maximum atomic E-state index is 13.6. The van der Waals surface area contributed by atoms with Gasteiger partial charge in [-0.2, -0.15) is 0 Å². The van der Waals surface area contributed by atoms with Crippen LogP contribution in [0.3, 0.4) is 0 Å². The Morgan fingerprint density at radius 2 is 1.81 bits per heavy atom. The van der Waals surface area contributed by atoms with E-state index in [9.17, 15) is 12.8 Å². The largest absolute Gasteiger partial charge is 0.399 e. The first kappa shape index (κ1) is 15.9. The second-order valence-corrected chi connectivity index (χ2v) is 6.83. The van der Waals surface area contributed by atoms with Crippen LogP contribution in [0.25, 0.3) is 0 Å². The molecule has 0 heterocycles. The minimum Gasteiger partial charge on any atom is -0.399 e. The van der Waals surface area contributed by atoms with Crippen molar-refractivity contribution in [2.75, 3.05) is 10.5 Å². The second kappa shape index (κ2) is 5.71. The van der Waals surface area contributed by atoms with Gasteiger partial charge in [-0.05, 0) is 37.3 Å². The summed E-state index contributed by atoms with van der Waals surface area (Å²) in [6, 6.07) is 6.52. The van der Waals surface area contributed by atoms with Crippen LogP contribution < -0.4 is 10.5 Å². The van der Waals surface area contributed by atoms with Gasteiger partial charge in [0.1, 0.15) is 5.82 Å². The molecule has 0 aliphatic heterocycles. The van der Waals surface area contributed by atoms with Crippen molar-refractivity contribution in [2.24, 2.45) is 0 Å². The molecule has 0 atom stereocenters. The Balaban J connectivity index is 2.45. The summed E-state index contributed by atoms with van der Waals surface area (Å²) in [6.07, 6.45) is 0. The lowest BCUT2D eigenvalue weighted by Gasteiger charge is -2.12. The summed E-state index contributed by atoms with van der Waals surface area (Å²) in [5, 5.41) is 0.498. The van der Waals surface area contributed by atoms with Crippen LogP contribution in [0.15, 0.2) is 35.2 Å². The van der Waals surface area contributed by atoms with Crippen LogP contribution in [-0.4, -0.2) is 8.42 Å². The number of hydrogen-bond acceptors (Lipinski definition) is 3. The zero-order chi connectivity index (χ0) is 15.8. The molecular weight excluding hydrogens is 338 g/mol. The summed E-state index contributed by atoms with van der Waals surface area (Å²) >= 11 is 11.6. The maximum Gasteiger partial charge on any atom is 0.262 e. The molecule has 2 aromatic rings. The Hall–Kier alpha value is -1.50. The average molecular weight is 349 g/mol. The van der Waals surface area contributed by atoms with Gasteiger partial charge in [0.2, 0.25) is 0 Å². The van der Waals surface area contributed by atoms with Gasteiger partial charge < -0.3 is 5.73 Å². The first-order valence-electron chi connectivity index (χ1n) is 5.74. The Bertz CT molecular complexity index is 810. The molecule has 0 aliphatic carbocycles. The van der Waals surface area contributed by atoms with Crippen LogP contribution in [0.4, 0.5) is 15.8 Å². The molecule has 0 unspecified atom stereocenters. The van der Waals surface area contributed by atoms with Crippen LogP contribution in [-0.2, 0) is 10.0 Å². The Morgan fingerprint density at radius 3 is 2.43 bits per heavy atom. The molecule has 0 spiro atoms. The van der Waals surface area contributed by atoms with E-state index < -0.39 is 15.8 Å². The molecule has 0 aromatic heterocycles. The summed E-state index contributed by atoms with van der Waals surface area (Å²) in [5.41, 5.74) is 5.71. The molecule has 8 heteroatoms. The molecule has 2 rings (SSSR count). The van der Waals surface area contributed by atoms with Crippen LogP contribution >= 0.6 is 23.2 Å². The summed E-state index contributed by atoms with van der Waals surface area (Å²) in [6.45, 7) is 1.36. The van der Waals surface area contributed by atoms with Crippen molar-refractivity contribution in [1.29, 1.82) is 0 Å². The normalized spacial score (nSPS) is 11.4. The van der Waals surface area contributed by atoms with E-state index in [0.717, 1.165) is 6.07 Å². The smallest absolute Gasteiger partial charge is 0.262 e. The summed E-state index contributed by atoms with van der Waals surface area (Å²) < 4.78 is 40.5. The number of sulfonamides is 1. The number of nitrogens with one attached hydrogen (secondary N) is 1. The highest BCUT2D eigenvalue weighted by Crippen LogP contribution is 2.28. The summed E-state index contributed by atoms with van der Waals surface area (Å²) in [4.78, 5) is -0.230. The van der Waals surface area contributed by atoms with E-state index in [1.807, 2.05) is 0 Å². The molecule has 0 amide bonds. The standard InChI is InChI=1S/C13H11Cl2FN2O2S/c1-7-12(16)4-8(17)5-13(7)21(19,20)18-9-2-3-10(14)11(15)6-9/h2-6,18H,17H2,1H3. The Morgan fingerprint density at radius 1 is 1.14 bits per heavy atom. The zero-order valence-electron chi connectivity index (χ0n) is 10.8. The fourth-order valence-corrected chi connectivity index (χ4v) is 3.36. The van der Waals surface area contributed by atoms with Crippen molar-refractivity contribution < 1.29 is 12.8 Å². The van der Waals surface area contributed by atoms with Crippen LogP contribution in [0.5, 0.6) is 0 Å². The van der Waals surface area contributed by atoms with Crippen molar-refractivity contribution in [3.05, 3.63) is 51.8 Å². The molecule has 0 aliphatic rings. The number of benzene rings is 2. The molecule has 3 N–H and O–H groups in total. The molecule has 112 valence electrons. The van der Waals surface area contributed by atoms with E-state index in [-0.39, 0.29) is 26.9 Å². The summed E-state index contributed by atoms with van der Waals surface area (Å²) in [7, 11) is -3.99. The van der Waals surface area contributed by atoms with Crippen molar-refractivity contribution in [2.45, 2.75) is 11.8 Å². The monoisotopic (exact) mass is 348 g/mol. The lowest BCUT2D eigenvalue weighted by Crippen LogP contribution is -2.15. The van der Waals surface area contributed by atoms with Gasteiger partial charge in [0.25, 0.3) is 10.0 Å². The van der Waals surface area contributed by atoms with Gasteiger partial charge in [-0.25, -0.2) is 12.8 Å². The van der Waals surface area contributed by atoms with Crippen molar-refractivity contribution >= 4 is 44.6 Å². The van der Waals surface area contributed by atoms with E-state index in [1.54, 1.807) is 0 Å². The number of halogens is 3. The topological polar surface area (TPSA) is 72.2 Å². The molecule has 0 saturated heterocycles. The highest BCUT2D eigenvalue weighted by molar-refractivity contribution is 7.92. The van der Waals surface area contributed by atoms with Crippen molar-refractivity contribution in [3.8, 4) is 0 Å². The van der Waals surface area contributed by atoms with Crippen LogP contribution in [0.2, 0.25) is 10.0 Å². The molecular formula is C13H11Cl2FN2O2S. The third kappa shape index (κ3) is 3.40. The number of anilines is 2. The predicted molar refractivity (Wildman–Crippen MR) is 82.8 cm³/mol. The molecule has 0 bridgehead atoms. The minimum absolute atomic E-state index is 0.0169. The van der Waals surface area contributed by atoms with Gasteiger partial charge in [-0.1, -0.05) is 23.2 Å². The highest BCUT2D eigenvalue weighted by atomic mass is 35.5. The first-order valence-corrected chi connectivity index (χ1v) is 7.98. The number of rotatable bonds is 3. The molecule has 0 radical (unpaired) electrons. The van der Waals surface area contributed by atoms with E-state index in [1.165, 1.54) is 31.2 Å².